The molecule has 0 bridgehead atoms. The Kier molecular flexibility index (Phi) is 7.95. The van der Waals surface area contributed by atoms with E-state index in [-0.39, 0.29) is 11.9 Å². The summed E-state index contributed by atoms with van der Waals surface area (Å²) in [6, 6.07) is 17.6. The van der Waals surface area contributed by atoms with Crippen molar-refractivity contribution in [3.63, 3.8) is 0 Å². The van der Waals surface area contributed by atoms with Crippen LogP contribution in [0.25, 0.3) is 0 Å². The average molecular weight is 408 g/mol. The van der Waals surface area contributed by atoms with Gasteiger partial charge >= 0.3 is 0 Å². The zero-order chi connectivity index (χ0) is 21.5. The number of ether oxygens (including phenoxy) is 1. The minimum Gasteiger partial charge on any atom is -0.494 e. The van der Waals surface area contributed by atoms with Crippen LogP contribution in [-0.4, -0.2) is 12.5 Å². The Morgan fingerprint density at radius 3 is 2.20 bits per heavy atom. The van der Waals surface area contributed by atoms with Gasteiger partial charge in [-0.25, -0.2) is 0 Å². The lowest BCUT2D eigenvalue weighted by Gasteiger charge is -2.29. The summed E-state index contributed by atoms with van der Waals surface area (Å²) in [7, 11) is 0. The molecule has 1 saturated carbocycles. The first-order valence-corrected chi connectivity index (χ1v) is 11.5. The lowest BCUT2D eigenvalue weighted by molar-refractivity contribution is -0.119. The first-order chi connectivity index (χ1) is 14.4. The average Bonchev–Trinajstić information content (AvgIpc) is 2.73. The second-order valence-corrected chi connectivity index (χ2v) is 9.24. The Labute approximate surface area is 182 Å². The first kappa shape index (κ1) is 22.4. The lowest BCUT2D eigenvalue weighted by Crippen LogP contribution is -2.23. The van der Waals surface area contributed by atoms with Crippen LogP contribution in [-0.2, 0) is 4.79 Å². The van der Waals surface area contributed by atoms with Crippen LogP contribution in [0.2, 0.25) is 0 Å². The van der Waals surface area contributed by atoms with Crippen LogP contribution < -0.4 is 10.1 Å². The molecular weight excluding hydrogens is 370 g/mol. The van der Waals surface area contributed by atoms with Crippen LogP contribution in [0.1, 0.15) is 94.4 Å². The molecule has 0 saturated heterocycles. The Morgan fingerprint density at radius 2 is 1.60 bits per heavy atom. The van der Waals surface area contributed by atoms with Crippen LogP contribution >= 0.6 is 0 Å². The molecule has 162 valence electrons. The molecule has 1 unspecified atom stereocenters. The molecule has 2 aromatic carbocycles. The van der Waals surface area contributed by atoms with Crippen molar-refractivity contribution in [1.29, 1.82) is 0 Å². The van der Waals surface area contributed by atoms with E-state index < -0.39 is 0 Å². The van der Waals surface area contributed by atoms with Gasteiger partial charge in [0.25, 0.3) is 0 Å². The molecule has 3 rings (SSSR count). The number of amides is 1. The van der Waals surface area contributed by atoms with Gasteiger partial charge in [-0.2, -0.15) is 0 Å². The Morgan fingerprint density at radius 1 is 0.967 bits per heavy atom. The van der Waals surface area contributed by atoms with E-state index in [1.807, 2.05) is 6.92 Å². The summed E-state index contributed by atoms with van der Waals surface area (Å²) in [5.41, 5.74) is 4.02. The monoisotopic (exact) mass is 407 g/mol. The topological polar surface area (TPSA) is 38.3 Å². The third kappa shape index (κ3) is 6.35. The molecule has 3 nitrogen and oxygen atoms in total. The minimum atomic E-state index is 0.0132. The molecule has 1 aliphatic rings. The molecule has 0 spiro atoms. The highest BCUT2D eigenvalue weighted by Crippen LogP contribution is 2.41. The lowest BCUT2D eigenvalue weighted by atomic mass is 9.76. The number of carbonyl (C=O) groups excluding carboxylic acids is 1. The summed E-state index contributed by atoms with van der Waals surface area (Å²) in [5.74, 6) is 2.97. The van der Waals surface area contributed by atoms with Crippen molar-refractivity contribution in [2.45, 2.75) is 77.7 Å². The van der Waals surface area contributed by atoms with Crippen molar-refractivity contribution < 1.29 is 9.53 Å². The molecule has 1 atom stereocenters. The van der Waals surface area contributed by atoms with Crippen LogP contribution in [0.4, 0.5) is 0 Å². The Bertz CT molecular complexity index is 804. The molecule has 0 heterocycles. The van der Waals surface area contributed by atoms with Gasteiger partial charge in [-0.1, -0.05) is 50.2 Å². The summed E-state index contributed by atoms with van der Waals surface area (Å²) in [5, 5.41) is 2.96. The van der Waals surface area contributed by atoms with Gasteiger partial charge in [0.05, 0.1) is 12.6 Å². The quantitative estimate of drug-likeness (QED) is 0.525. The Balaban J connectivity index is 1.54. The molecule has 0 aliphatic heterocycles. The van der Waals surface area contributed by atoms with Gasteiger partial charge in [0.2, 0.25) is 5.91 Å². The standard InChI is InChI=1S/C27H37NO2/c1-19(2)16-17-30-27-7-5-6-26(18-27)25-14-12-24(13-15-25)23-10-8-22(9-11-23)20(3)28-21(4)29/h5-11,18-20,24-25H,12-17H2,1-4H3,(H,28,29). The van der Waals surface area contributed by atoms with E-state index in [2.05, 4.69) is 67.7 Å². The van der Waals surface area contributed by atoms with Gasteiger partial charge < -0.3 is 10.1 Å². The van der Waals surface area contributed by atoms with Crippen molar-refractivity contribution in [3.05, 3.63) is 65.2 Å². The molecule has 1 amide bonds. The van der Waals surface area contributed by atoms with E-state index in [1.165, 1.54) is 36.8 Å². The van der Waals surface area contributed by atoms with E-state index in [9.17, 15) is 4.79 Å². The zero-order valence-electron chi connectivity index (χ0n) is 19.0. The fourth-order valence-electron chi connectivity index (χ4n) is 4.48. The largest absolute Gasteiger partial charge is 0.494 e. The molecule has 0 aromatic heterocycles. The number of hydrogen-bond donors (Lipinski definition) is 1. The maximum absolute atomic E-state index is 11.3. The van der Waals surface area contributed by atoms with Gasteiger partial charge in [-0.3, -0.25) is 4.79 Å². The summed E-state index contributed by atoms with van der Waals surface area (Å²) < 4.78 is 5.97. The summed E-state index contributed by atoms with van der Waals surface area (Å²) in [6.45, 7) is 8.86. The van der Waals surface area contributed by atoms with E-state index in [1.54, 1.807) is 6.92 Å². The maximum atomic E-state index is 11.3. The van der Waals surface area contributed by atoms with E-state index in [0.717, 1.165) is 24.3 Å². The number of carbonyl (C=O) groups is 1. The van der Waals surface area contributed by atoms with Gasteiger partial charge in [-0.15, -0.1) is 0 Å². The van der Waals surface area contributed by atoms with Crippen LogP contribution in [0.3, 0.4) is 0 Å². The summed E-state index contributed by atoms with van der Waals surface area (Å²) in [4.78, 5) is 11.3. The van der Waals surface area contributed by atoms with E-state index >= 15 is 0 Å². The number of benzene rings is 2. The second kappa shape index (κ2) is 10.7. The highest BCUT2D eigenvalue weighted by atomic mass is 16.5. The van der Waals surface area contributed by atoms with Gasteiger partial charge in [0, 0.05) is 6.92 Å². The highest BCUT2D eigenvalue weighted by molar-refractivity contribution is 5.73. The minimum absolute atomic E-state index is 0.0132. The van der Waals surface area contributed by atoms with Crippen molar-refractivity contribution in [2.24, 2.45) is 5.92 Å². The van der Waals surface area contributed by atoms with E-state index in [4.69, 9.17) is 4.74 Å². The Hall–Kier alpha value is -2.29. The SMILES string of the molecule is CC(=O)NC(C)c1ccc(C2CCC(c3cccc(OCCC(C)C)c3)CC2)cc1. The van der Waals surface area contributed by atoms with E-state index in [0.29, 0.717) is 17.8 Å². The highest BCUT2D eigenvalue weighted by Gasteiger charge is 2.24. The summed E-state index contributed by atoms with van der Waals surface area (Å²) >= 11 is 0. The number of rotatable bonds is 8. The van der Waals surface area contributed by atoms with Gasteiger partial charge in [0.15, 0.2) is 0 Å². The molecule has 1 fully saturated rings. The third-order valence-corrected chi connectivity index (χ3v) is 6.35. The van der Waals surface area contributed by atoms with Gasteiger partial charge in [0.1, 0.15) is 5.75 Å². The first-order valence-electron chi connectivity index (χ1n) is 11.5. The van der Waals surface area contributed by atoms with Crippen LogP contribution in [0.15, 0.2) is 48.5 Å². The predicted molar refractivity (Wildman–Crippen MR) is 124 cm³/mol. The molecule has 3 heteroatoms. The normalized spacial score (nSPS) is 20.0. The zero-order valence-corrected chi connectivity index (χ0v) is 19.0. The molecule has 1 N–H and O–H groups in total. The predicted octanol–water partition coefficient (Wildman–Crippen LogP) is 6.75. The molecule has 30 heavy (non-hydrogen) atoms. The van der Waals surface area contributed by atoms with Crippen molar-refractivity contribution in [3.8, 4) is 5.75 Å². The van der Waals surface area contributed by atoms with Crippen molar-refractivity contribution in [1.82, 2.24) is 5.32 Å². The third-order valence-electron chi connectivity index (χ3n) is 6.35. The molecule has 0 radical (unpaired) electrons. The molecular formula is C27H37NO2. The van der Waals surface area contributed by atoms with Crippen molar-refractivity contribution >= 4 is 5.91 Å². The summed E-state index contributed by atoms with van der Waals surface area (Å²) in [6.07, 6.45) is 6.00. The fourth-order valence-corrected chi connectivity index (χ4v) is 4.48. The number of hydrogen-bond acceptors (Lipinski definition) is 2. The molecule has 1 aliphatic carbocycles. The van der Waals surface area contributed by atoms with Crippen LogP contribution in [0.5, 0.6) is 5.75 Å². The van der Waals surface area contributed by atoms with Gasteiger partial charge in [-0.05, 0) is 85.6 Å². The smallest absolute Gasteiger partial charge is 0.217 e. The van der Waals surface area contributed by atoms with Crippen LogP contribution in [0, 0.1) is 5.92 Å². The fraction of sp³-hybridized carbons (Fsp3) is 0.519. The second-order valence-electron chi connectivity index (χ2n) is 9.24. The van der Waals surface area contributed by atoms with Crippen molar-refractivity contribution in [2.75, 3.05) is 6.61 Å². The maximum Gasteiger partial charge on any atom is 0.217 e. The molecule has 2 aromatic rings. The number of nitrogens with one attached hydrogen (secondary N) is 1.